The summed E-state index contributed by atoms with van der Waals surface area (Å²) in [5.74, 6) is -0.0779. The van der Waals surface area contributed by atoms with E-state index in [9.17, 15) is 8.42 Å². The molecule has 0 heterocycles. The van der Waals surface area contributed by atoms with Crippen LogP contribution < -0.4 is 5.73 Å². The van der Waals surface area contributed by atoms with Crippen molar-refractivity contribution in [3.8, 4) is 0 Å². The third-order valence-corrected chi connectivity index (χ3v) is 4.60. The summed E-state index contributed by atoms with van der Waals surface area (Å²) in [6.45, 7) is 3.51. The maximum absolute atomic E-state index is 12.2. The maximum atomic E-state index is 12.2. The largest absolute Gasteiger partial charge is 0.399 e. The highest BCUT2D eigenvalue weighted by atomic mass is 32.2. The molecule has 0 aliphatic rings. The minimum Gasteiger partial charge on any atom is -0.399 e. The second-order valence-corrected chi connectivity index (χ2v) is 6.35. The number of benzene rings is 1. The zero-order valence-corrected chi connectivity index (χ0v) is 11.5. The Labute approximate surface area is 108 Å². The molecule has 0 aromatic heterocycles. The fraction of sp³-hybridized carbons (Fsp3) is 0.500. The molecular weight excluding hydrogens is 252 g/mol. The van der Waals surface area contributed by atoms with Crippen molar-refractivity contribution >= 4 is 15.7 Å². The highest BCUT2D eigenvalue weighted by molar-refractivity contribution is 7.88. The molecule has 0 saturated carbocycles. The Morgan fingerprint density at radius 3 is 2.28 bits per heavy atom. The second-order valence-electron chi connectivity index (χ2n) is 4.43. The predicted molar refractivity (Wildman–Crippen MR) is 72.4 cm³/mol. The van der Waals surface area contributed by atoms with E-state index in [2.05, 4.69) is 0 Å². The third kappa shape index (κ3) is 3.97. The van der Waals surface area contributed by atoms with Crippen molar-refractivity contribution in [2.75, 3.05) is 18.9 Å². The van der Waals surface area contributed by atoms with Gasteiger partial charge >= 0.3 is 0 Å². The molecule has 0 fully saturated rings. The van der Waals surface area contributed by atoms with Crippen molar-refractivity contribution in [3.63, 3.8) is 0 Å². The first-order valence-electron chi connectivity index (χ1n) is 5.81. The van der Waals surface area contributed by atoms with Crippen molar-refractivity contribution in [3.05, 3.63) is 29.8 Å². The third-order valence-electron chi connectivity index (χ3n) is 2.58. The van der Waals surface area contributed by atoms with Crippen LogP contribution in [0.1, 0.15) is 19.4 Å². The van der Waals surface area contributed by atoms with Crippen LogP contribution in [0, 0.1) is 0 Å². The summed E-state index contributed by atoms with van der Waals surface area (Å²) < 4.78 is 25.7. The van der Waals surface area contributed by atoms with Gasteiger partial charge in [0.05, 0.1) is 12.4 Å². The lowest BCUT2D eigenvalue weighted by Gasteiger charge is -2.25. The molecule has 0 radical (unpaired) electrons. The van der Waals surface area contributed by atoms with Crippen LogP contribution in [0.25, 0.3) is 0 Å². The average Bonchev–Trinajstić information content (AvgIpc) is 2.28. The van der Waals surface area contributed by atoms with Gasteiger partial charge in [-0.15, -0.1) is 0 Å². The first kappa shape index (κ1) is 14.9. The molecular formula is C12H20N2O3S. The number of hydrogen-bond donors (Lipinski definition) is 2. The summed E-state index contributed by atoms with van der Waals surface area (Å²) in [7, 11) is -3.42. The minimum absolute atomic E-state index is 0.0779. The topological polar surface area (TPSA) is 83.6 Å². The Kier molecular flexibility index (Phi) is 5.13. The van der Waals surface area contributed by atoms with Crippen LogP contribution in [0.15, 0.2) is 24.3 Å². The van der Waals surface area contributed by atoms with Gasteiger partial charge in [-0.25, -0.2) is 8.42 Å². The molecule has 0 spiro atoms. The van der Waals surface area contributed by atoms with E-state index in [0.717, 1.165) is 0 Å². The molecule has 3 N–H and O–H groups in total. The molecule has 1 aromatic carbocycles. The van der Waals surface area contributed by atoms with Crippen molar-refractivity contribution in [2.45, 2.75) is 25.6 Å². The van der Waals surface area contributed by atoms with Gasteiger partial charge in [0, 0.05) is 18.3 Å². The molecule has 1 rings (SSSR count). The number of aliphatic hydroxyl groups is 1. The van der Waals surface area contributed by atoms with Gasteiger partial charge in [0.15, 0.2) is 0 Å². The summed E-state index contributed by atoms with van der Waals surface area (Å²) in [4.78, 5) is 0. The number of rotatable bonds is 6. The summed E-state index contributed by atoms with van der Waals surface area (Å²) in [5.41, 5.74) is 6.84. The Morgan fingerprint density at radius 2 is 1.83 bits per heavy atom. The number of nitrogens with zero attached hydrogens (tertiary/aromatic N) is 1. The zero-order chi connectivity index (χ0) is 13.8. The van der Waals surface area contributed by atoms with Crippen LogP contribution in [0.3, 0.4) is 0 Å². The van der Waals surface area contributed by atoms with E-state index in [4.69, 9.17) is 10.8 Å². The molecule has 102 valence electrons. The Balaban J connectivity index is 2.88. The van der Waals surface area contributed by atoms with Crippen molar-refractivity contribution in [1.82, 2.24) is 4.31 Å². The molecule has 1 aromatic rings. The van der Waals surface area contributed by atoms with Gasteiger partial charge < -0.3 is 10.8 Å². The predicted octanol–water partition coefficient (Wildman–Crippen LogP) is 0.801. The number of hydrogen-bond acceptors (Lipinski definition) is 4. The zero-order valence-electron chi connectivity index (χ0n) is 10.7. The van der Waals surface area contributed by atoms with Gasteiger partial charge in [0.2, 0.25) is 10.0 Å². The van der Waals surface area contributed by atoms with E-state index in [1.54, 1.807) is 38.1 Å². The van der Waals surface area contributed by atoms with Crippen molar-refractivity contribution in [1.29, 1.82) is 0 Å². The smallest absolute Gasteiger partial charge is 0.218 e. The Hall–Kier alpha value is -1.11. The van der Waals surface area contributed by atoms with Crippen LogP contribution in [0.4, 0.5) is 5.69 Å². The molecule has 0 saturated heterocycles. The van der Waals surface area contributed by atoms with Gasteiger partial charge in [-0.1, -0.05) is 12.1 Å². The summed E-state index contributed by atoms with van der Waals surface area (Å²) in [5, 5.41) is 8.93. The van der Waals surface area contributed by atoms with Crippen LogP contribution in [0.2, 0.25) is 0 Å². The fourth-order valence-electron chi connectivity index (χ4n) is 1.72. The van der Waals surface area contributed by atoms with Crippen LogP contribution >= 0.6 is 0 Å². The summed E-state index contributed by atoms with van der Waals surface area (Å²) >= 11 is 0. The highest BCUT2D eigenvalue weighted by Gasteiger charge is 2.24. The molecule has 0 bridgehead atoms. The van der Waals surface area contributed by atoms with Gasteiger partial charge in [-0.3, -0.25) is 0 Å². The minimum atomic E-state index is -3.42. The van der Waals surface area contributed by atoms with Crippen LogP contribution in [-0.2, 0) is 15.8 Å². The molecule has 18 heavy (non-hydrogen) atoms. The maximum Gasteiger partial charge on any atom is 0.218 e. The SMILES string of the molecule is CC(C)N(CCO)S(=O)(=O)Cc1ccc(N)cc1. The summed E-state index contributed by atoms with van der Waals surface area (Å²) in [6, 6.07) is 6.58. The lowest BCUT2D eigenvalue weighted by Crippen LogP contribution is -2.39. The first-order valence-corrected chi connectivity index (χ1v) is 7.42. The molecule has 0 aliphatic heterocycles. The van der Waals surface area contributed by atoms with Crippen molar-refractivity contribution < 1.29 is 13.5 Å². The van der Waals surface area contributed by atoms with E-state index in [1.807, 2.05) is 0 Å². The Morgan fingerprint density at radius 1 is 1.28 bits per heavy atom. The monoisotopic (exact) mass is 272 g/mol. The lowest BCUT2D eigenvalue weighted by molar-refractivity contribution is 0.236. The number of nitrogen functional groups attached to an aromatic ring is 1. The second kappa shape index (κ2) is 6.17. The molecule has 5 nitrogen and oxygen atoms in total. The number of anilines is 1. The molecule has 0 aliphatic carbocycles. The van der Waals surface area contributed by atoms with Crippen LogP contribution in [0.5, 0.6) is 0 Å². The van der Waals surface area contributed by atoms with Gasteiger partial charge in [-0.05, 0) is 31.5 Å². The van der Waals surface area contributed by atoms with Gasteiger partial charge in [0.25, 0.3) is 0 Å². The van der Waals surface area contributed by atoms with Crippen LogP contribution in [-0.4, -0.2) is 37.0 Å². The van der Waals surface area contributed by atoms with E-state index >= 15 is 0 Å². The van der Waals surface area contributed by atoms with E-state index < -0.39 is 10.0 Å². The molecule has 0 unspecified atom stereocenters. The van der Waals surface area contributed by atoms with Crippen molar-refractivity contribution in [2.24, 2.45) is 0 Å². The Bertz CT molecular complexity index is 469. The fourth-order valence-corrected chi connectivity index (χ4v) is 3.51. The van der Waals surface area contributed by atoms with E-state index in [0.29, 0.717) is 11.3 Å². The molecule has 0 amide bonds. The lowest BCUT2D eigenvalue weighted by atomic mass is 10.2. The van der Waals surface area contributed by atoms with Gasteiger partial charge in [-0.2, -0.15) is 4.31 Å². The average molecular weight is 272 g/mol. The highest BCUT2D eigenvalue weighted by Crippen LogP contribution is 2.14. The number of aliphatic hydroxyl groups excluding tert-OH is 1. The molecule has 6 heteroatoms. The normalized spacial score (nSPS) is 12.3. The molecule has 0 atom stereocenters. The number of nitrogens with two attached hydrogens (primary N) is 1. The summed E-state index contributed by atoms with van der Waals surface area (Å²) in [6.07, 6.45) is 0. The van der Waals surface area contributed by atoms with Gasteiger partial charge in [0.1, 0.15) is 0 Å². The van der Waals surface area contributed by atoms with E-state index in [1.165, 1.54) is 4.31 Å². The first-order chi connectivity index (χ1) is 8.36. The quantitative estimate of drug-likeness (QED) is 0.750. The standard InChI is InChI=1S/C12H20N2O3S/c1-10(2)14(7-8-15)18(16,17)9-11-3-5-12(13)6-4-11/h3-6,10,15H,7-9,13H2,1-2H3. The van der Waals surface area contributed by atoms with E-state index in [-0.39, 0.29) is 24.9 Å². The number of sulfonamides is 1.